The van der Waals surface area contributed by atoms with E-state index in [0.29, 0.717) is 5.92 Å². The number of carbonyl (C=O) groups excluding carboxylic acids is 2. The van der Waals surface area contributed by atoms with Crippen molar-refractivity contribution in [1.82, 2.24) is 0 Å². The Morgan fingerprint density at radius 1 is 1.14 bits per heavy atom. The minimum absolute atomic E-state index is 0.00542. The van der Waals surface area contributed by atoms with Gasteiger partial charge in [-0.05, 0) is 26.2 Å². The first-order chi connectivity index (χ1) is 6.34. The molecule has 1 unspecified atom stereocenters. The van der Waals surface area contributed by atoms with Gasteiger partial charge in [-0.25, -0.2) is 0 Å². The molecule has 0 aromatic carbocycles. The van der Waals surface area contributed by atoms with Gasteiger partial charge in [0, 0.05) is 11.3 Å². The van der Waals surface area contributed by atoms with Gasteiger partial charge in [0.2, 0.25) is 0 Å². The van der Waals surface area contributed by atoms with E-state index in [1.807, 2.05) is 0 Å². The molecule has 0 aromatic heterocycles. The Bertz CT molecular complexity index is 244. The van der Waals surface area contributed by atoms with Crippen molar-refractivity contribution in [2.24, 2.45) is 11.8 Å². The summed E-state index contributed by atoms with van der Waals surface area (Å²) in [6, 6.07) is 0. The Kier molecular flexibility index (Phi) is 5.77. The van der Waals surface area contributed by atoms with E-state index in [9.17, 15) is 9.59 Å². The van der Waals surface area contributed by atoms with Crippen molar-refractivity contribution in [2.45, 2.75) is 40.5 Å². The average molecular weight is 214 g/mol. The summed E-state index contributed by atoms with van der Waals surface area (Å²) in [5.74, 6) is 0.128. The van der Waals surface area contributed by atoms with Gasteiger partial charge >= 0.3 is 0 Å². The van der Waals surface area contributed by atoms with Crippen molar-refractivity contribution in [3.05, 3.63) is 0 Å². The third-order valence-electron chi connectivity index (χ3n) is 1.98. The van der Waals surface area contributed by atoms with Crippen LogP contribution in [-0.4, -0.2) is 16.4 Å². The molecule has 0 bridgehead atoms. The first-order valence-corrected chi connectivity index (χ1v) is 5.28. The van der Waals surface area contributed by atoms with Crippen LogP contribution in [0, 0.1) is 11.8 Å². The molecule has 1 atom stereocenters. The van der Waals surface area contributed by atoms with Crippen LogP contribution in [0.15, 0.2) is 0 Å². The molecule has 0 saturated heterocycles. The Hall–Kier alpha value is -0.570. The third-order valence-corrected chi connectivity index (χ3v) is 2.43. The summed E-state index contributed by atoms with van der Waals surface area (Å²) in [6.45, 7) is 7.10. The molecular formula is C11H18O2S. The fourth-order valence-electron chi connectivity index (χ4n) is 1.32. The van der Waals surface area contributed by atoms with Crippen LogP contribution >= 0.6 is 12.2 Å². The number of Topliss-reactive ketones (excluding diaryl/α,β-unsaturated/α-hetero) is 2. The molecule has 0 rings (SSSR count). The molecule has 0 radical (unpaired) electrons. The summed E-state index contributed by atoms with van der Waals surface area (Å²) in [5.41, 5.74) is 0. The van der Waals surface area contributed by atoms with Crippen molar-refractivity contribution in [3.8, 4) is 0 Å². The van der Waals surface area contributed by atoms with Crippen LogP contribution in [0.1, 0.15) is 40.5 Å². The Labute approximate surface area is 91.1 Å². The second-order valence-electron chi connectivity index (χ2n) is 4.13. The molecule has 0 heterocycles. The van der Waals surface area contributed by atoms with Crippen LogP contribution < -0.4 is 0 Å². The fourth-order valence-corrected chi connectivity index (χ4v) is 1.90. The lowest BCUT2D eigenvalue weighted by Gasteiger charge is -2.15. The van der Waals surface area contributed by atoms with Gasteiger partial charge in [-0.1, -0.05) is 26.1 Å². The molecule has 0 fully saturated rings. The summed E-state index contributed by atoms with van der Waals surface area (Å²) < 4.78 is 0. The minimum atomic E-state index is -0.343. The van der Waals surface area contributed by atoms with Crippen molar-refractivity contribution >= 4 is 28.6 Å². The molecule has 0 aliphatic carbocycles. The van der Waals surface area contributed by atoms with E-state index in [2.05, 4.69) is 13.8 Å². The SMILES string of the molecule is CC(=O)CC(C(C)=O)C(=S)CC(C)C. The number of thiocarbonyl (C=S) groups is 1. The number of hydrogen-bond donors (Lipinski definition) is 0. The first-order valence-electron chi connectivity index (χ1n) is 4.87. The monoisotopic (exact) mass is 214 g/mol. The number of carbonyl (C=O) groups is 2. The van der Waals surface area contributed by atoms with Crippen LogP contribution in [0.3, 0.4) is 0 Å². The summed E-state index contributed by atoms with van der Waals surface area (Å²) in [4.78, 5) is 22.9. The van der Waals surface area contributed by atoms with Crippen LogP contribution in [-0.2, 0) is 9.59 Å². The van der Waals surface area contributed by atoms with Gasteiger partial charge < -0.3 is 0 Å². The van der Waals surface area contributed by atoms with Crippen molar-refractivity contribution in [3.63, 3.8) is 0 Å². The number of ketones is 2. The summed E-state index contributed by atoms with van der Waals surface area (Å²) in [6.07, 6.45) is 1.01. The molecule has 0 saturated carbocycles. The number of rotatable bonds is 6. The molecule has 0 aliphatic rings. The zero-order valence-corrected chi connectivity index (χ0v) is 10.1. The lowest BCUT2D eigenvalue weighted by molar-refractivity contribution is -0.123. The third kappa shape index (κ3) is 5.22. The van der Waals surface area contributed by atoms with Gasteiger partial charge in [0.25, 0.3) is 0 Å². The van der Waals surface area contributed by atoms with E-state index in [-0.39, 0.29) is 23.9 Å². The molecular weight excluding hydrogens is 196 g/mol. The highest BCUT2D eigenvalue weighted by atomic mass is 32.1. The predicted molar refractivity (Wildman–Crippen MR) is 61.5 cm³/mol. The zero-order valence-electron chi connectivity index (χ0n) is 9.29. The van der Waals surface area contributed by atoms with Crippen LogP contribution in [0.2, 0.25) is 0 Å². The topological polar surface area (TPSA) is 34.1 Å². The standard InChI is InChI=1S/C11H18O2S/c1-7(2)5-11(14)10(9(4)13)6-8(3)12/h7,10H,5-6H2,1-4H3. The minimum Gasteiger partial charge on any atom is -0.300 e. The van der Waals surface area contributed by atoms with Crippen molar-refractivity contribution < 1.29 is 9.59 Å². The van der Waals surface area contributed by atoms with Crippen LogP contribution in [0.5, 0.6) is 0 Å². The first kappa shape index (κ1) is 13.4. The van der Waals surface area contributed by atoms with E-state index < -0.39 is 0 Å². The molecule has 0 aliphatic heterocycles. The molecule has 0 amide bonds. The van der Waals surface area contributed by atoms with E-state index in [1.54, 1.807) is 0 Å². The highest BCUT2D eigenvalue weighted by Gasteiger charge is 2.21. The van der Waals surface area contributed by atoms with E-state index in [1.165, 1.54) is 13.8 Å². The Balaban J connectivity index is 4.41. The van der Waals surface area contributed by atoms with Crippen LogP contribution in [0.25, 0.3) is 0 Å². The second kappa shape index (κ2) is 6.02. The van der Waals surface area contributed by atoms with E-state index >= 15 is 0 Å². The summed E-state index contributed by atoms with van der Waals surface area (Å²) >= 11 is 5.17. The lowest BCUT2D eigenvalue weighted by atomic mass is 9.90. The van der Waals surface area contributed by atoms with Gasteiger partial charge in [0.15, 0.2) is 0 Å². The van der Waals surface area contributed by atoms with E-state index in [0.717, 1.165) is 11.3 Å². The Morgan fingerprint density at radius 3 is 1.93 bits per heavy atom. The maximum Gasteiger partial charge on any atom is 0.138 e. The molecule has 80 valence electrons. The van der Waals surface area contributed by atoms with Crippen molar-refractivity contribution in [2.75, 3.05) is 0 Å². The normalized spacial score (nSPS) is 12.6. The molecule has 0 N–H and O–H groups in total. The zero-order chi connectivity index (χ0) is 11.3. The summed E-state index contributed by atoms with van der Waals surface area (Å²) in [7, 11) is 0. The molecule has 14 heavy (non-hydrogen) atoms. The van der Waals surface area contributed by atoms with E-state index in [4.69, 9.17) is 12.2 Å². The molecule has 0 spiro atoms. The van der Waals surface area contributed by atoms with Crippen LogP contribution in [0.4, 0.5) is 0 Å². The quantitative estimate of drug-likeness (QED) is 0.637. The van der Waals surface area contributed by atoms with Gasteiger partial charge in [-0.15, -0.1) is 0 Å². The molecule has 0 aromatic rings. The second-order valence-corrected chi connectivity index (χ2v) is 4.66. The van der Waals surface area contributed by atoms with Crippen molar-refractivity contribution in [1.29, 1.82) is 0 Å². The Morgan fingerprint density at radius 2 is 1.64 bits per heavy atom. The smallest absolute Gasteiger partial charge is 0.138 e. The molecule has 2 nitrogen and oxygen atoms in total. The fraction of sp³-hybridized carbons (Fsp3) is 0.727. The van der Waals surface area contributed by atoms with Gasteiger partial charge in [0.05, 0.1) is 5.92 Å². The molecule has 3 heteroatoms. The highest BCUT2D eigenvalue weighted by molar-refractivity contribution is 7.80. The predicted octanol–water partition coefficient (Wildman–Crippen LogP) is 2.59. The lowest BCUT2D eigenvalue weighted by Crippen LogP contribution is -2.24. The largest absolute Gasteiger partial charge is 0.300 e. The summed E-state index contributed by atoms with van der Waals surface area (Å²) in [5, 5.41) is 0. The number of hydrogen-bond acceptors (Lipinski definition) is 3. The maximum atomic E-state index is 11.3. The highest BCUT2D eigenvalue weighted by Crippen LogP contribution is 2.15. The van der Waals surface area contributed by atoms with Gasteiger partial charge in [0.1, 0.15) is 11.6 Å². The maximum absolute atomic E-state index is 11.3. The van der Waals surface area contributed by atoms with Gasteiger partial charge in [-0.2, -0.15) is 0 Å². The van der Waals surface area contributed by atoms with Gasteiger partial charge in [-0.3, -0.25) is 9.59 Å². The average Bonchev–Trinajstić information content (AvgIpc) is 1.97.